The summed E-state index contributed by atoms with van der Waals surface area (Å²) < 4.78 is 0. The maximum absolute atomic E-state index is 12.5. The number of rotatable bonds is 8. The van der Waals surface area contributed by atoms with Gasteiger partial charge in [-0.3, -0.25) is 9.59 Å². The highest BCUT2D eigenvalue weighted by atomic mass is 32.1. The zero-order valence-electron chi connectivity index (χ0n) is 13.3. The quantitative estimate of drug-likeness (QED) is 0.802. The number of anilines is 1. The molecule has 2 aromatic rings. The van der Waals surface area contributed by atoms with Crippen LogP contribution in [-0.2, 0) is 4.79 Å². The second-order valence-electron chi connectivity index (χ2n) is 5.22. The predicted octanol–water partition coefficient (Wildman–Crippen LogP) is 3.70. The van der Waals surface area contributed by atoms with Crippen molar-refractivity contribution in [1.82, 2.24) is 5.32 Å². The van der Waals surface area contributed by atoms with Crippen molar-refractivity contribution in [2.24, 2.45) is 0 Å². The lowest BCUT2D eigenvalue weighted by atomic mass is 10.2. The molecule has 0 aliphatic carbocycles. The lowest BCUT2D eigenvalue weighted by Gasteiger charge is -2.22. The number of nitrogens with one attached hydrogen (secondary N) is 1. The first-order chi connectivity index (χ1) is 11.2. The first kappa shape index (κ1) is 17.2. The van der Waals surface area contributed by atoms with Gasteiger partial charge in [0.25, 0.3) is 5.91 Å². The van der Waals surface area contributed by atoms with Crippen molar-refractivity contribution >= 4 is 28.8 Å². The van der Waals surface area contributed by atoms with Crippen LogP contribution in [0, 0.1) is 0 Å². The number of unbranched alkanes of at least 4 members (excludes halogenated alkanes) is 1. The van der Waals surface area contributed by atoms with E-state index in [9.17, 15) is 9.59 Å². The van der Waals surface area contributed by atoms with Gasteiger partial charge in [-0.15, -0.1) is 11.3 Å². The molecule has 0 saturated heterocycles. The molecule has 0 saturated carbocycles. The average molecular weight is 330 g/mol. The van der Waals surface area contributed by atoms with E-state index in [1.165, 1.54) is 11.3 Å². The van der Waals surface area contributed by atoms with Crippen LogP contribution in [0.1, 0.15) is 35.9 Å². The standard InChI is InChI=1S/C18H22N2O2S/c1-2-3-13-20(15-8-5-4-6-9-15)17(21)11-12-19-18(22)16-10-7-14-23-16/h4-10,14H,2-3,11-13H2,1H3,(H,19,22). The Kier molecular flexibility index (Phi) is 6.81. The fraction of sp³-hybridized carbons (Fsp3) is 0.333. The largest absolute Gasteiger partial charge is 0.351 e. The third-order valence-electron chi connectivity index (χ3n) is 3.47. The van der Waals surface area contributed by atoms with Crippen LogP contribution in [0.3, 0.4) is 0 Å². The Morgan fingerprint density at radius 3 is 2.57 bits per heavy atom. The molecular formula is C18H22N2O2S. The van der Waals surface area contributed by atoms with Crippen molar-refractivity contribution in [3.05, 3.63) is 52.7 Å². The lowest BCUT2D eigenvalue weighted by Crippen LogP contribution is -2.35. The number of hydrogen-bond donors (Lipinski definition) is 1. The second-order valence-corrected chi connectivity index (χ2v) is 6.17. The molecule has 1 aromatic heterocycles. The third-order valence-corrected chi connectivity index (χ3v) is 4.34. The van der Waals surface area contributed by atoms with Crippen LogP contribution in [-0.4, -0.2) is 24.9 Å². The van der Waals surface area contributed by atoms with Crippen molar-refractivity contribution in [2.45, 2.75) is 26.2 Å². The van der Waals surface area contributed by atoms with Gasteiger partial charge in [0.2, 0.25) is 5.91 Å². The molecule has 1 aromatic carbocycles. The first-order valence-corrected chi connectivity index (χ1v) is 8.77. The number of para-hydroxylation sites is 1. The van der Waals surface area contributed by atoms with Gasteiger partial charge in [-0.2, -0.15) is 0 Å². The molecule has 2 amide bonds. The molecule has 0 atom stereocenters. The smallest absolute Gasteiger partial charge is 0.261 e. The molecule has 0 aliphatic rings. The molecule has 0 bridgehead atoms. The van der Waals surface area contributed by atoms with Crippen LogP contribution in [0.2, 0.25) is 0 Å². The summed E-state index contributed by atoms with van der Waals surface area (Å²) >= 11 is 1.40. The highest BCUT2D eigenvalue weighted by Gasteiger charge is 2.15. The van der Waals surface area contributed by atoms with Crippen LogP contribution < -0.4 is 10.2 Å². The molecule has 4 nitrogen and oxygen atoms in total. The Bertz CT molecular complexity index is 611. The molecule has 0 unspecified atom stereocenters. The lowest BCUT2D eigenvalue weighted by molar-refractivity contribution is -0.118. The van der Waals surface area contributed by atoms with Crippen LogP contribution in [0.4, 0.5) is 5.69 Å². The summed E-state index contributed by atoms with van der Waals surface area (Å²) in [5.74, 6) is -0.0799. The van der Waals surface area contributed by atoms with E-state index in [1.54, 1.807) is 11.0 Å². The zero-order valence-corrected chi connectivity index (χ0v) is 14.1. The fourth-order valence-electron chi connectivity index (χ4n) is 2.23. The zero-order chi connectivity index (χ0) is 16.5. The van der Waals surface area contributed by atoms with E-state index in [0.717, 1.165) is 18.5 Å². The molecule has 122 valence electrons. The number of amides is 2. The minimum atomic E-state index is -0.118. The number of carbonyl (C=O) groups excluding carboxylic acids is 2. The summed E-state index contributed by atoms with van der Waals surface area (Å²) in [4.78, 5) is 26.8. The van der Waals surface area contributed by atoms with Crippen molar-refractivity contribution in [2.75, 3.05) is 18.0 Å². The molecule has 0 aliphatic heterocycles. The summed E-state index contributed by atoms with van der Waals surface area (Å²) in [7, 11) is 0. The maximum atomic E-state index is 12.5. The van der Waals surface area contributed by atoms with E-state index in [2.05, 4.69) is 12.2 Å². The first-order valence-electron chi connectivity index (χ1n) is 7.89. The Balaban J connectivity index is 1.89. The molecule has 23 heavy (non-hydrogen) atoms. The predicted molar refractivity (Wildman–Crippen MR) is 95.0 cm³/mol. The number of nitrogens with zero attached hydrogens (tertiary/aromatic N) is 1. The van der Waals surface area contributed by atoms with Crippen molar-refractivity contribution < 1.29 is 9.59 Å². The molecule has 1 N–H and O–H groups in total. The molecule has 0 radical (unpaired) electrons. The van der Waals surface area contributed by atoms with Gasteiger partial charge >= 0.3 is 0 Å². The molecular weight excluding hydrogens is 308 g/mol. The number of thiophene rings is 1. The van der Waals surface area contributed by atoms with E-state index in [1.807, 2.05) is 41.8 Å². The topological polar surface area (TPSA) is 49.4 Å². The number of carbonyl (C=O) groups is 2. The monoisotopic (exact) mass is 330 g/mol. The molecule has 0 spiro atoms. The maximum Gasteiger partial charge on any atom is 0.261 e. The molecule has 5 heteroatoms. The van der Waals surface area contributed by atoms with Gasteiger partial charge < -0.3 is 10.2 Å². The summed E-state index contributed by atoms with van der Waals surface area (Å²) in [6.45, 7) is 3.16. The van der Waals surface area contributed by atoms with Crippen molar-refractivity contribution in [1.29, 1.82) is 0 Å². The number of benzene rings is 1. The van der Waals surface area contributed by atoms with Gasteiger partial charge in [0.1, 0.15) is 0 Å². The SMILES string of the molecule is CCCCN(C(=O)CCNC(=O)c1cccs1)c1ccccc1. The van der Waals surface area contributed by atoms with Crippen molar-refractivity contribution in [3.8, 4) is 0 Å². The van der Waals surface area contributed by atoms with Crippen LogP contribution in [0.5, 0.6) is 0 Å². The molecule has 1 heterocycles. The van der Waals surface area contributed by atoms with Gasteiger partial charge in [-0.1, -0.05) is 37.6 Å². The van der Waals surface area contributed by atoms with E-state index in [-0.39, 0.29) is 11.8 Å². The molecule has 0 fully saturated rings. The summed E-state index contributed by atoms with van der Waals surface area (Å²) in [6, 6.07) is 13.3. The van der Waals surface area contributed by atoms with Crippen LogP contribution >= 0.6 is 11.3 Å². The Hall–Kier alpha value is -2.14. The summed E-state index contributed by atoms with van der Waals surface area (Å²) in [5.41, 5.74) is 0.913. The van der Waals surface area contributed by atoms with E-state index >= 15 is 0 Å². The Morgan fingerprint density at radius 1 is 1.13 bits per heavy atom. The summed E-state index contributed by atoms with van der Waals surface area (Å²) in [5, 5.41) is 4.67. The average Bonchev–Trinajstić information content (AvgIpc) is 3.11. The van der Waals surface area contributed by atoms with Gasteiger partial charge in [0.05, 0.1) is 4.88 Å². The second kappa shape index (κ2) is 9.10. The minimum Gasteiger partial charge on any atom is -0.351 e. The Morgan fingerprint density at radius 2 is 1.91 bits per heavy atom. The fourth-order valence-corrected chi connectivity index (χ4v) is 2.87. The van der Waals surface area contributed by atoms with Gasteiger partial charge in [0, 0.05) is 25.2 Å². The highest BCUT2D eigenvalue weighted by molar-refractivity contribution is 7.12. The van der Waals surface area contributed by atoms with E-state index in [0.29, 0.717) is 24.4 Å². The van der Waals surface area contributed by atoms with Gasteiger partial charge in [0.15, 0.2) is 0 Å². The van der Waals surface area contributed by atoms with Crippen molar-refractivity contribution in [3.63, 3.8) is 0 Å². The highest BCUT2D eigenvalue weighted by Crippen LogP contribution is 2.15. The number of hydrogen-bond acceptors (Lipinski definition) is 3. The van der Waals surface area contributed by atoms with E-state index in [4.69, 9.17) is 0 Å². The van der Waals surface area contributed by atoms with Gasteiger partial charge in [-0.25, -0.2) is 0 Å². The van der Waals surface area contributed by atoms with E-state index < -0.39 is 0 Å². The Labute approximate surface area is 141 Å². The molecule has 2 rings (SSSR count). The summed E-state index contributed by atoms with van der Waals surface area (Å²) in [6.07, 6.45) is 2.30. The van der Waals surface area contributed by atoms with Crippen LogP contribution in [0.25, 0.3) is 0 Å². The normalized spacial score (nSPS) is 10.3. The van der Waals surface area contributed by atoms with Crippen LogP contribution in [0.15, 0.2) is 47.8 Å². The third kappa shape index (κ3) is 5.21. The minimum absolute atomic E-state index is 0.0381. The van der Waals surface area contributed by atoms with Gasteiger partial charge in [-0.05, 0) is 30.0 Å².